The number of aromatic amines is 1. The molecule has 0 radical (unpaired) electrons. The average molecular weight is 295 g/mol. The molecular weight excluding hydrogens is 278 g/mol. The molecule has 0 aliphatic carbocycles. The fourth-order valence-corrected chi connectivity index (χ4v) is 3.85. The zero-order valence-corrected chi connectivity index (χ0v) is 12.5. The lowest BCUT2D eigenvalue weighted by atomic mass is 10.1. The second kappa shape index (κ2) is 5.19. The second-order valence-corrected chi connectivity index (χ2v) is 6.36. The lowest BCUT2D eigenvalue weighted by molar-refractivity contribution is 0.331. The topological polar surface area (TPSA) is 41.0 Å². The maximum atomic E-state index is 12.4. The molecule has 3 heterocycles. The van der Waals surface area contributed by atoms with E-state index in [1.54, 1.807) is 4.57 Å². The quantitative estimate of drug-likeness (QED) is 0.884. The van der Waals surface area contributed by atoms with Gasteiger partial charge in [0.2, 0.25) is 0 Å². The van der Waals surface area contributed by atoms with Crippen molar-refractivity contribution in [1.82, 2.24) is 14.5 Å². The molecule has 1 aliphatic heterocycles. The van der Waals surface area contributed by atoms with Crippen LogP contribution in [-0.2, 0) is 6.54 Å². The van der Waals surface area contributed by atoms with Crippen LogP contribution in [0.15, 0.2) is 16.2 Å². The lowest BCUT2D eigenvalue weighted by Crippen LogP contribution is -2.27. The standard InChI is InChI=1S/C13H17N3OS2/c1-2-15-5-3-9(7-15)8-16-12(17)10-4-6-19-11(10)14-13(16)18/h4,6,9H,2-3,5,7-8H2,1H3,(H,14,18). The number of aromatic nitrogens is 2. The van der Waals surface area contributed by atoms with Crippen LogP contribution in [0.3, 0.4) is 0 Å². The van der Waals surface area contributed by atoms with Crippen molar-refractivity contribution in [1.29, 1.82) is 0 Å². The first-order valence-corrected chi connectivity index (χ1v) is 7.90. The molecule has 1 saturated heterocycles. The number of rotatable bonds is 3. The van der Waals surface area contributed by atoms with Crippen molar-refractivity contribution in [3.05, 3.63) is 26.6 Å². The molecule has 2 aromatic rings. The molecule has 1 fully saturated rings. The molecule has 4 nitrogen and oxygen atoms in total. The summed E-state index contributed by atoms with van der Waals surface area (Å²) in [7, 11) is 0. The Bertz CT molecular complexity index is 700. The Morgan fingerprint density at radius 2 is 2.42 bits per heavy atom. The molecule has 0 aromatic carbocycles. The number of nitrogens with one attached hydrogen (secondary N) is 1. The Kier molecular flexibility index (Phi) is 3.56. The minimum atomic E-state index is 0.0509. The molecule has 1 aliphatic rings. The van der Waals surface area contributed by atoms with Crippen LogP contribution in [0.5, 0.6) is 0 Å². The van der Waals surface area contributed by atoms with Crippen LogP contribution in [0.1, 0.15) is 13.3 Å². The van der Waals surface area contributed by atoms with Crippen molar-refractivity contribution in [2.24, 2.45) is 5.92 Å². The highest BCUT2D eigenvalue weighted by Crippen LogP contribution is 2.19. The SMILES string of the molecule is CCN1CCC(Cn2c(=S)[nH]c3sccc3c2=O)C1. The van der Waals surface area contributed by atoms with Gasteiger partial charge in [0, 0.05) is 13.1 Å². The predicted octanol–water partition coefficient (Wildman–Crippen LogP) is 2.46. The van der Waals surface area contributed by atoms with Gasteiger partial charge in [0.05, 0.1) is 5.39 Å². The molecule has 6 heteroatoms. The Labute approximate surface area is 120 Å². The van der Waals surface area contributed by atoms with Gasteiger partial charge in [-0.05, 0) is 49.1 Å². The second-order valence-electron chi connectivity index (χ2n) is 5.06. The van der Waals surface area contributed by atoms with Crippen molar-refractivity contribution in [3.63, 3.8) is 0 Å². The van der Waals surface area contributed by atoms with Crippen molar-refractivity contribution in [2.75, 3.05) is 19.6 Å². The Morgan fingerprint density at radius 3 is 3.16 bits per heavy atom. The molecule has 2 aromatic heterocycles. The van der Waals surface area contributed by atoms with E-state index in [-0.39, 0.29) is 5.56 Å². The van der Waals surface area contributed by atoms with E-state index >= 15 is 0 Å². The van der Waals surface area contributed by atoms with Crippen LogP contribution in [0.4, 0.5) is 0 Å². The molecule has 1 N–H and O–H groups in total. The van der Waals surface area contributed by atoms with Crippen LogP contribution < -0.4 is 5.56 Å². The van der Waals surface area contributed by atoms with Crippen LogP contribution >= 0.6 is 23.6 Å². The summed E-state index contributed by atoms with van der Waals surface area (Å²) in [6.45, 7) is 6.20. The molecule has 0 bridgehead atoms. The number of fused-ring (bicyclic) bond motifs is 1. The maximum absolute atomic E-state index is 12.4. The van der Waals surface area contributed by atoms with Gasteiger partial charge in [-0.25, -0.2) is 0 Å². The molecular formula is C13H17N3OS2. The predicted molar refractivity (Wildman–Crippen MR) is 81.5 cm³/mol. The molecule has 0 saturated carbocycles. The Balaban J connectivity index is 1.93. The monoisotopic (exact) mass is 295 g/mol. The van der Waals surface area contributed by atoms with Gasteiger partial charge in [-0.1, -0.05) is 6.92 Å². The molecule has 1 unspecified atom stereocenters. The minimum Gasteiger partial charge on any atom is -0.323 e. The molecule has 1 atom stereocenters. The smallest absolute Gasteiger partial charge is 0.263 e. The van der Waals surface area contributed by atoms with Gasteiger partial charge in [0.1, 0.15) is 4.83 Å². The minimum absolute atomic E-state index is 0.0509. The van der Waals surface area contributed by atoms with E-state index in [9.17, 15) is 4.79 Å². The van der Waals surface area contributed by atoms with Crippen LogP contribution in [0.2, 0.25) is 0 Å². The third-order valence-electron chi connectivity index (χ3n) is 3.86. The summed E-state index contributed by atoms with van der Waals surface area (Å²) in [5.74, 6) is 0.531. The van der Waals surface area contributed by atoms with Gasteiger partial charge >= 0.3 is 0 Å². The molecule has 19 heavy (non-hydrogen) atoms. The number of hydrogen-bond donors (Lipinski definition) is 1. The lowest BCUT2D eigenvalue weighted by Gasteiger charge is -2.14. The summed E-state index contributed by atoms with van der Waals surface area (Å²) in [6, 6.07) is 1.87. The zero-order valence-electron chi connectivity index (χ0n) is 10.9. The van der Waals surface area contributed by atoms with Gasteiger partial charge in [-0.3, -0.25) is 9.36 Å². The Hall–Kier alpha value is -0.980. The first-order chi connectivity index (χ1) is 9.19. The van der Waals surface area contributed by atoms with Crippen molar-refractivity contribution in [3.8, 4) is 0 Å². The van der Waals surface area contributed by atoms with Crippen LogP contribution in [0, 0.1) is 10.7 Å². The van der Waals surface area contributed by atoms with Gasteiger partial charge in [0.25, 0.3) is 5.56 Å². The molecule has 0 amide bonds. The first kappa shape index (κ1) is 13.0. The first-order valence-electron chi connectivity index (χ1n) is 6.61. The van der Waals surface area contributed by atoms with Crippen LogP contribution in [-0.4, -0.2) is 34.1 Å². The van der Waals surface area contributed by atoms with Crippen molar-refractivity contribution < 1.29 is 0 Å². The third kappa shape index (κ3) is 2.40. The van der Waals surface area contributed by atoms with E-state index in [2.05, 4.69) is 16.8 Å². The summed E-state index contributed by atoms with van der Waals surface area (Å²) in [6.07, 6.45) is 1.15. The highest BCUT2D eigenvalue weighted by atomic mass is 32.1. The summed E-state index contributed by atoms with van der Waals surface area (Å²) >= 11 is 6.85. The van der Waals surface area contributed by atoms with E-state index in [1.165, 1.54) is 11.3 Å². The number of hydrogen-bond acceptors (Lipinski definition) is 4. The normalized spacial score (nSPS) is 20.4. The van der Waals surface area contributed by atoms with Gasteiger partial charge in [0.15, 0.2) is 4.77 Å². The molecule has 0 spiro atoms. The number of thiophene rings is 1. The van der Waals surface area contributed by atoms with E-state index in [0.29, 0.717) is 10.7 Å². The summed E-state index contributed by atoms with van der Waals surface area (Å²) in [5, 5.41) is 2.68. The highest BCUT2D eigenvalue weighted by Gasteiger charge is 2.22. The Morgan fingerprint density at radius 1 is 1.58 bits per heavy atom. The van der Waals surface area contributed by atoms with E-state index < -0.39 is 0 Å². The number of nitrogens with zero attached hydrogens (tertiary/aromatic N) is 2. The van der Waals surface area contributed by atoms with Crippen molar-refractivity contribution >= 4 is 33.8 Å². The van der Waals surface area contributed by atoms with E-state index in [0.717, 1.165) is 42.8 Å². The fourth-order valence-electron chi connectivity index (χ4n) is 2.75. The van der Waals surface area contributed by atoms with Gasteiger partial charge < -0.3 is 9.88 Å². The third-order valence-corrected chi connectivity index (χ3v) is 5.02. The van der Waals surface area contributed by atoms with E-state index in [4.69, 9.17) is 12.2 Å². The van der Waals surface area contributed by atoms with Crippen molar-refractivity contribution in [2.45, 2.75) is 19.9 Å². The molecule has 3 rings (SSSR count). The zero-order chi connectivity index (χ0) is 13.4. The number of likely N-dealkylation sites (tertiary alicyclic amines) is 1. The number of H-pyrrole nitrogens is 1. The van der Waals surface area contributed by atoms with Crippen LogP contribution in [0.25, 0.3) is 10.2 Å². The largest absolute Gasteiger partial charge is 0.323 e. The molecule has 102 valence electrons. The van der Waals surface area contributed by atoms with Gasteiger partial charge in [-0.15, -0.1) is 11.3 Å². The average Bonchev–Trinajstić information content (AvgIpc) is 3.02. The summed E-state index contributed by atoms with van der Waals surface area (Å²) in [4.78, 5) is 18.9. The fraction of sp³-hybridized carbons (Fsp3) is 0.538. The van der Waals surface area contributed by atoms with Gasteiger partial charge in [-0.2, -0.15) is 0 Å². The summed E-state index contributed by atoms with van der Waals surface area (Å²) < 4.78 is 2.28. The maximum Gasteiger partial charge on any atom is 0.263 e. The highest BCUT2D eigenvalue weighted by molar-refractivity contribution is 7.71. The summed E-state index contributed by atoms with van der Waals surface area (Å²) in [5.41, 5.74) is 0.0509. The van der Waals surface area contributed by atoms with E-state index in [1.807, 2.05) is 11.4 Å².